The molecule has 1 fully saturated rings. The summed E-state index contributed by atoms with van der Waals surface area (Å²) < 4.78 is 23.2. The molecule has 10 heteroatoms. The zero-order valence-electron chi connectivity index (χ0n) is 23.6. The number of hydrogen-bond acceptors (Lipinski definition) is 10. The van der Waals surface area contributed by atoms with Crippen molar-refractivity contribution < 1.29 is 33.3 Å². The minimum Gasteiger partial charge on any atom is -0.459 e. The van der Waals surface area contributed by atoms with Gasteiger partial charge in [0.25, 0.3) is 0 Å². The number of hydrogen-bond donors (Lipinski definition) is 0. The maximum absolute atomic E-state index is 13.3. The van der Waals surface area contributed by atoms with E-state index in [2.05, 4.69) is 5.18 Å². The molecule has 0 amide bonds. The van der Waals surface area contributed by atoms with Gasteiger partial charge in [0.15, 0.2) is 11.7 Å². The number of rotatable bonds is 9. The highest BCUT2D eigenvalue weighted by molar-refractivity contribution is 5.91. The molecule has 0 saturated carbocycles. The van der Waals surface area contributed by atoms with Gasteiger partial charge in [-0.15, -0.1) is 4.91 Å². The Bertz CT molecular complexity index is 1500. The smallest absolute Gasteiger partial charge is 0.338 e. The van der Waals surface area contributed by atoms with Gasteiger partial charge in [-0.05, 0) is 69.3 Å². The van der Waals surface area contributed by atoms with Gasteiger partial charge in [0.1, 0.15) is 18.8 Å². The summed E-state index contributed by atoms with van der Waals surface area (Å²) in [6.45, 7) is 6.55. The highest BCUT2D eigenvalue weighted by Gasteiger charge is 2.62. The Morgan fingerprint density at radius 1 is 0.833 bits per heavy atom. The van der Waals surface area contributed by atoms with Crippen LogP contribution in [-0.2, 0) is 18.9 Å². The molecule has 0 radical (unpaired) electrons. The number of carbonyl (C=O) groups is 3. The van der Waals surface area contributed by atoms with Gasteiger partial charge >= 0.3 is 17.9 Å². The Kier molecular flexibility index (Phi) is 9.13. The predicted molar refractivity (Wildman–Crippen MR) is 151 cm³/mol. The fraction of sp³-hybridized carbons (Fsp3) is 0.312. The topological polar surface area (TPSA) is 141 Å². The number of carbonyl (C=O) groups excluding carboxylic acids is 3. The molecule has 1 aliphatic rings. The molecule has 216 valence electrons. The molecule has 0 N–H and O–H groups in total. The molecule has 3 aromatic carbocycles. The first-order chi connectivity index (χ1) is 20.0. The molecule has 1 heterocycles. The molecular formula is C32H30N2O8. The van der Waals surface area contributed by atoms with Crippen LogP contribution in [0.3, 0.4) is 0 Å². The normalized spacial score (nSPS) is 21.9. The van der Waals surface area contributed by atoms with Gasteiger partial charge in [-0.1, -0.05) is 53.1 Å². The van der Waals surface area contributed by atoms with Gasteiger partial charge < -0.3 is 18.9 Å². The third-order valence-corrected chi connectivity index (χ3v) is 7.11. The zero-order valence-corrected chi connectivity index (χ0v) is 23.6. The molecule has 1 saturated heterocycles. The first-order valence-electron chi connectivity index (χ1n) is 13.2. The Balaban J connectivity index is 1.69. The van der Waals surface area contributed by atoms with Crippen molar-refractivity contribution in [1.29, 1.82) is 5.26 Å². The number of esters is 3. The number of aryl methyl sites for hydroxylation is 3. The van der Waals surface area contributed by atoms with E-state index < -0.39 is 54.5 Å². The van der Waals surface area contributed by atoms with Crippen molar-refractivity contribution >= 4 is 17.9 Å². The number of ether oxygens (including phenoxy) is 4. The van der Waals surface area contributed by atoms with Crippen LogP contribution in [0.2, 0.25) is 0 Å². The fourth-order valence-electron chi connectivity index (χ4n) is 4.65. The van der Waals surface area contributed by atoms with Crippen molar-refractivity contribution in [2.45, 2.75) is 57.6 Å². The van der Waals surface area contributed by atoms with Crippen LogP contribution in [0.25, 0.3) is 0 Å². The number of nitroso groups, excluding NO2 is 1. The molecule has 0 aromatic heterocycles. The Morgan fingerprint density at radius 3 is 1.74 bits per heavy atom. The molecule has 0 bridgehead atoms. The lowest BCUT2D eigenvalue weighted by atomic mass is 9.88. The molecule has 0 aliphatic carbocycles. The molecule has 42 heavy (non-hydrogen) atoms. The van der Waals surface area contributed by atoms with Crippen LogP contribution < -0.4 is 0 Å². The van der Waals surface area contributed by atoms with Gasteiger partial charge in [-0.25, -0.2) is 14.4 Å². The summed E-state index contributed by atoms with van der Waals surface area (Å²) >= 11 is 0. The summed E-state index contributed by atoms with van der Waals surface area (Å²) in [5.41, 5.74) is 1.57. The van der Waals surface area contributed by atoms with Gasteiger partial charge in [0.2, 0.25) is 6.04 Å². The predicted octanol–water partition coefficient (Wildman–Crippen LogP) is 5.04. The third kappa shape index (κ3) is 6.53. The third-order valence-electron chi connectivity index (χ3n) is 7.11. The summed E-state index contributed by atoms with van der Waals surface area (Å²) in [6, 6.07) is 19.9. The minimum absolute atomic E-state index is 0.186. The Labute approximate surface area is 243 Å². The molecule has 10 nitrogen and oxygen atoms in total. The summed E-state index contributed by atoms with van der Waals surface area (Å²) in [5, 5.41) is 12.6. The van der Waals surface area contributed by atoms with Gasteiger partial charge in [0, 0.05) is 0 Å². The Morgan fingerprint density at radius 2 is 1.29 bits per heavy atom. The van der Waals surface area contributed by atoms with Gasteiger partial charge in [-0.3, -0.25) is 0 Å². The van der Waals surface area contributed by atoms with Crippen molar-refractivity contribution in [3.8, 4) is 6.07 Å². The molecule has 4 rings (SSSR count). The lowest BCUT2D eigenvalue weighted by molar-refractivity contribution is -0.0892. The van der Waals surface area contributed by atoms with Crippen LogP contribution in [0.5, 0.6) is 0 Å². The van der Waals surface area contributed by atoms with Crippen LogP contribution >= 0.6 is 0 Å². The van der Waals surface area contributed by atoms with E-state index in [1.165, 1.54) is 6.92 Å². The standard InChI is InChI=1S/C32H30N2O8/c1-19-5-11-22(12-6-19)29(35)39-18-26-28(41-30(36)23-13-7-20(2)8-14-23)32(4,27(40-26)25(17-33)34-38)42-31(37)24-15-9-21(3)10-16-24/h5-16,25-28H,18H2,1-4H3/t25?,26?,27-,28-,32+/m1/s1. The molecule has 1 aliphatic heterocycles. The van der Waals surface area contributed by atoms with E-state index in [1.807, 2.05) is 20.8 Å². The van der Waals surface area contributed by atoms with E-state index in [-0.39, 0.29) is 16.7 Å². The lowest BCUT2D eigenvalue weighted by Gasteiger charge is -2.34. The van der Waals surface area contributed by atoms with Crippen LogP contribution in [-0.4, -0.2) is 54.5 Å². The van der Waals surface area contributed by atoms with Crippen molar-refractivity contribution in [1.82, 2.24) is 0 Å². The maximum atomic E-state index is 13.3. The van der Waals surface area contributed by atoms with Crippen LogP contribution in [0.1, 0.15) is 54.7 Å². The van der Waals surface area contributed by atoms with Crippen molar-refractivity contribution in [3.63, 3.8) is 0 Å². The molecule has 2 unspecified atom stereocenters. The van der Waals surface area contributed by atoms with E-state index >= 15 is 0 Å². The molecule has 3 aromatic rings. The first-order valence-corrected chi connectivity index (χ1v) is 13.2. The van der Waals surface area contributed by atoms with E-state index in [1.54, 1.807) is 78.9 Å². The monoisotopic (exact) mass is 570 g/mol. The fourth-order valence-corrected chi connectivity index (χ4v) is 4.65. The number of nitriles is 1. The first kappa shape index (κ1) is 30.1. The lowest BCUT2D eigenvalue weighted by Crippen LogP contribution is -2.54. The SMILES string of the molecule is Cc1ccc(C(=O)OCC2O[C@H](C(C#N)N=O)[C@](C)(OC(=O)c3ccc(C)cc3)[C@@H]2OC(=O)c2ccc(C)cc2)cc1. The second-order valence-electron chi connectivity index (χ2n) is 10.4. The summed E-state index contributed by atoms with van der Waals surface area (Å²) in [6.07, 6.45) is -4.06. The van der Waals surface area contributed by atoms with Crippen LogP contribution in [0.4, 0.5) is 0 Å². The second kappa shape index (κ2) is 12.7. The number of nitrogens with zero attached hydrogens (tertiary/aromatic N) is 2. The highest BCUT2D eigenvalue weighted by atomic mass is 16.7. The number of benzene rings is 3. The van der Waals surface area contributed by atoms with Crippen LogP contribution in [0, 0.1) is 37.0 Å². The average molecular weight is 571 g/mol. The van der Waals surface area contributed by atoms with E-state index in [4.69, 9.17) is 18.9 Å². The molecule has 0 spiro atoms. The minimum atomic E-state index is -1.88. The summed E-state index contributed by atoms with van der Waals surface area (Å²) in [5.74, 6) is -2.25. The van der Waals surface area contributed by atoms with Crippen molar-refractivity contribution in [2.24, 2.45) is 5.18 Å². The highest BCUT2D eigenvalue weighted by Crippen LogP contribution is 2.40. The van der Waals surface area contributed by atoms with E-state index in [0.29, 0.717) is 0 Å². The molecule has 5 atom stereocenters. The average Bonchev–Trinajstić information content (AvgIpc) is 3.23. The van der Waals surface area contributed by atoms with Crippen molar-refractivity contribution in [2.75, 3.05) is 6.61 Å². The quantitative estimate of drug-likeness (QED) is 0.197. The zero-order chi connectivity index (χ0) is 30.4. The molecular weight excluding hydrogens is 540 g/mol. The largest absolute Gasteiger partial charge is 0.459 e. The second-order valence-corrected chi connectivity index (χ2v) is 10.4. The summed E-state index contributed by atoms with van der Waals surface area (Å²) in [7, 11) is 0. The van der Waals surface area contributed by atoms with Gasteiger partial charge in [-0.2, -0.15) is 5.26 Å². The summed E-state index contributed by atoms with van der Waals surface area (Å²) in [4.78, 5) is 51.0. The van der Waals surface area contributed by atoms with Crippen LogP contribution in [0.15, 0.2) is 78.0 Å². The Hall–Kier alpha value is -4.88. The van der Waals surface area contributed by atoms with E-state index in [0.717, 1.165) is 16.7 Å². The van der Waals surface area contributed by atoms with Crippen molar-refractivity contribution in [3.05, 3.63) is 111 Å². The van der Waals surface area contributed by atoms with E-state index in [9.17, 15) is 24.6 Å². The van der Waals surface area contributed by atoms with Gasteiger partial charge in [0.05, 0.1) is 22.8 Å². The maximum Gasteiger partial charge on any atom is 0.338 e.